The number of hydrogen-bond acceptors (Lipinski definition) is 9. The SMILES string of the molecule is CO[C@@H]1[C@H](OC(=O)NCC(=O)N2CCC[C@H]2C(=O)N[C@@H](CC(C)C)C(=O)CCC(=O)O)CC[C@]2(CO2)[C@H]1[C@@]1(C)O[C@@H]1CC=C(C)C. The van der Waals surface area contributed by atoms with E-state index in [0.717, 1.165) is 6.42 Å². The highest BCUT2D eigenvalue weighted by Gasteiger charge is 2.72. The van der Waals surface area contributed by atoms with Crippen LogP contribution in [0.5, 0.6) is 0 Å². The van der Waals surface area contributed by atoms with E-state index in [-0.39, 0.29) is 48.7 Å². The van der Waals surface area contributed by atoms with Gasteiger partial charge in [-0.1, -0.05) is 25.5 Å². The summed E-state index contributed by atoms with van der Waals surface area (Å²) in [5.74, 6) is -2.39. The molecule has 258 valence electrons. The molecule has 13 heteroatoms. The van der Waals surface area contributed by atoms with E-state index >= 15 is 0 Å². The number of ether oxygens (including phenoxy) is 4. The number of aliphatic carboxylic acids is 1. The minimum atomic E-state index is -1.08. The van der Waals surface area contributed by atoms with Crippen LogP contribution in [0.15, 0.2) is 11.6 Å². The maximum absolute atomic E-state index is 13.2. The van der Waals surface area contributed by atoms with Crippen LogP contribution in [-0.2, 0) is 38.1 Å². The third-order valence-corrected chi connectivity index (χ3v) is 9.75. The van der Waals surface area contributed by atoms with E-state index in [0.29, 0.717) is 45.3 Å². The first kappa shape index (κ1) is 35.8. The van der Waals surface area contributed by atoms with Gasteiger partial charge in [-0.05, 0) is 65.2 Å². The van der Waals surface area contributed by atoms with Crippen molar-refractivity contribution in [3.8, 4) is 0 Å². The number of carboxylic acid groups (broad SMARTS) is 1. The van der Waals surface area contributed by atoms with Gasteiger partial charge in [-0.2, -0.15) is 0 Å². The normalized spacial score (nSPS) is 32.1. The molecule has 1 aliphatic carbocycles. The number of nitrogens with one attached hydrogen (secondary N) is 2. The summed E-state index contributed by atoms with van der Waals surface area (Å²) in [6, 6.07) is -1.63. The van der Waals surface area contributed by atoms with Crippen molar-refractivity contribution >= 4 is 29.7 Å². The van der Waals surface area contributed by atoms with Crippen molar-refractivity contribution in [3.05, 3.63) is 11.6 Å². The van der Waals surface area contributed by atoms with Crippen LogP contribution in [0.25, 0.3) is 0 Å². The van der Waals surface area contributed by atoms with Gasteiger partial charge in [0.25, 0.3) is 0 Å². The Hall–Kier alpha value is -3.03. The summed E-state index contributed by atoms with van der Waals surface area (Å²) in [7, 11) is 1.59. The molecule has 0 radical (unpaired) electrons. The molecule has 1 saturated carbocycles. The number of rotatable bonds is 15. The fourth-order valence-electron chi connectivity index (χ4n) is 7.25. The average Bonchev–Trinajstić information content (AvgIpc) is 3.84. The molecule has 3 saturated heterocycles. The number of ketones is 1. The van der Waals surface area contributed by atoms with Crippen LogP contribution in [0, 0.1) is 11.8 Å². The molecule has 0 bridgehead atoms. The van der Waals surface area contributed by atoms with Crippen LogP contribution < -0.4 is 10.6 Å². The molecule has 0 aromatic rings. The van der Waals surface area contributed by atoms with Gasteiger partial charge in [0.15, 0.2) is 5.78 Å². The Morgan fingerprint density at radius 1 is 1.13 bits per heavy atom. The molecule has 4 rings (SSSR count). The molecule has 4 aliphatic rings. The van der Waals surface area contributed by atoms with Gasteiger partial charge >= 0.3 is 12.1 Å². The van der Waals surface area contributed by atoms with Crippen LogP contribution in [0.1, 0.15) is 86.0 Å². The van der Waals surface area contributed by atoms with Crippen molar-refractivity contribution < 1.29 is 48.0 Å². The van der Waals surface area contributed by atoms with Gasteiger partial charge in [-0.25, -0.2) is 4.79 Å². The van der Waals surface area contributed by atoms with E-state index in [4.69, 9.17) is 24.1 Å². The van der Waals surface area contributed by atoms with Crippen molar-refractivity contribution in [2.24, 2.45) is 11.8 Å². The second kappa shape index (κ2) is 14.8. The highest BCUT2D eigenvalue weighted by Crippen LogP contribution is 2.59. The molecule has 46 heavy (non-hydrogen) atoms. The second-order valence-corrected chi connectivity index (χ2v) is 14.0. The fraction of sp³-hybridized carbons (Fsp3) is 0.788. The summed E-state index contributed by atoms with van der Waals surface area (Å²) in [5, 5.41) is 14.3. The molecule has 3 N–H and O–H groups in total. The number of alkyl carbamates (subject to hydrolysis) is 1. The molecule has 13 nitrogen and oxygen atoms in total. The summed E-state index contributed by atoms with van der Waals surface area (Å²) >= 11 is 0. The summed E-state index contributed by atoms with van der Waals surface area (Å²) < 4.78 is 23.9. The largest absolute Gasteiger partial charge is 0.481 e. The lowest BCUT2D eigenvalue weighted by Crippen LogP contribution is -2.56. The number of likely N-dealkylation sites (tertiary alicyclic amines) is 1. The van der Waals surface area contributed by atoms with E-state index in [1.54, 1.807) is 7.11 Å². The number of carbonyl (C=O) groups excluding carboxylic acids is 4. The van der Waals surface area contributed by atoms with Crippen LogP contribution in [0.4, 0.5) is 4.79 Å². The van der Waals surface area contributed by atoms with Crippen molar-refractivity contribution in [3.63, 3.8) is 0 Å². The first-order valence-corrected chi connectivity index (χ1v) is 16.5. The summed E-state index contributed by atoms with van der Waals surface area (Å²) in [4.78, 5) is 64.4. The standard InChI is InChI=1S/C33H51N3O10/c1-19(2)9-11-25-32(5,46-25)29-28(43-6)24(13-14-33(29)18-44-33)45-31(42)34-17-26(38)36-15-7-8-22(36)30(41)35-21(16-20(3)4)23(37)10-12-27(39)40/h9,20-22,24-25,28-29H,7-8,10-18H2,1-6H3,(H,34,42)(H,35,41)(H,39,40)/t21-,22-,24+,25+,28+,29+,32-,33-/m0/s1. The molecule has 8 atom stereocenters. The predicted molar refractivity (Wildman–Crippen MR) is 166 cm³/mol. The zero-order chi connectivity index (χ0) is 33.8. The van der Waals surface area contributed by atoms with Crippen LogP contribution in [-0.4, -0.2) is 108 Å². The fourth-order valence-corrected chi connectivity index (χ4v) is 7.25. The predicted octanol–water partition coefficient (Wildman–Crippen LogP) is 2.74. The molecule has 3 heterocycles. The van der Waals surface area contributed by atoms with Gasteiger partial charge in [-0.15, -0.1) is 0 Å². The van der Waals surface area contributed by atoms with Crippen LogP contribution in [0.3, 0.4) is 0 Å². The van der Waals surface area contributed by atoms with Crippen molar-refractivity contribution in [2.45, 2.75) is 128 Å². The smallest absolute Gasteiger partial charge is 0.407 e. The third-order valence-electron chi connectivity index (χ3n) is 9.75. The highest BCUT2D eigenvalue weighted by atomic mass is 16.6. The maximum Gasteiger partial charge on any atom is 0.407 e. The van der Waals surface area contributed by atoms with Gasteiger partial charge < -0.3 is 39.6 Å². The molecule has 3 aliphatic heterocycles. The lowest BCUT2D eigenvalue weighted by Gasteiger charge is -2.42. The molecule has 1 spiro atoms. The quantitative estimate of drug-likeness (QED) is 0.177. The van der Waals surface area contributed by atoms with E-state index in [9.17, 15) is 24.0 Å². The number of epoxide rings is 2. The van der Waals surface area contributed by atoms with E-state index < -0.39 is 53.8 Å². The molecule has 0 aromatic heterocycles. The average molecular weight is 650 g/mol. The van der Waals surface area contributed by atoms with Crippen molar-refractivity contribution in [2.75, 3.05) is 26.8 Å². The lowest BCUT2D eigenvalue weighted by molar-refractivity contribution is -0.140. The Bertz CT molecular complexity index is 1200. The van der Waals surface area contributed by atoms with Gasteiger partial charge in [0.05, 0.1) is 31.1 Å². The zero-order valence-electron chi connectivity index (χ0n) is 28.0. The number of carbonyl (C=O) groups is 5. The van der Waals surface area contributed by atoms with Crippen molar-refractivity contribution in [1.82, 2.24) is 15.5 Å². The number of methoxy groups -OCH3 is 1. The summed E-state index contributed by atoms with van der Waals surface area (Å²) in [6.45, 7) is 10.6. The van der Waals surface area contributed by atoms with Crippen LogP contribution in [0.2, 0.25) is 0 Å². The molecule has 0 unspecified atom stereocenters. The molecular weight excluding hydrogens is 598 g/mol. The van der Waals surface area contributed by atoms with Gasteiger partial charge in [0.1, 0.15) is 36.0 Å². The topological polar surface area (TPSA) is 176 Å². The first-order valence-electron chi connectivity index (χ1n) is 16.5. The third kappa shape index (κ3) is 8.46. The number of amides is 3. The Morgan fingerprint density at radius 2 is 1.85 bits per heavy atom. The first-order chi connectivity index (χ1) is 21.7. The number of Topliss-reactive ketones (excluding diaryl/α,β-unsaturated/α-hetero) is 1. The molecule has 4 fully saturated rings. The van der Waals surface area contributed by atoms with E-state index in [2.05, 4.69) is 37.5 Å². The van der Waals surface area contributed by atoms with Crippen molar-refractivity contribution in [1.29, 1.82) is 0 Å². The Balaban J connectivity index is 1.31. The number of nitrogens with zero attached hydrogens (tertiary/aromatic N) is 1. The summed E-state index contributed by atoms with van der Waals surface area (Å²) in [6.07, 6.45) is 3.29. The zero-order valence-corrected chi connectivity index (χ0v) is 28.0. The molecular formula is C33H51N3O10. The monoisotopic (exact) mass is 649 g/mol. The number of hydrogen-bond donors (Lipinski definition) is 3. The Kier molecular flexibility index (Phi) is 11.5. The second-order valence-electron chi connectivity index (χ2n) is 14.0. The number of carboxylic acids is 1. The number of allylic oxidation sites excluding steroid dienone is 1. The van der Waals surface area contributed by atoms with Crippen LogP contribution >= 0.6 is 0 Å². The minimum Gasteiger partial charge on any atom is -0.481 e. The lowest BCUT2D eigenvalue weighted by atomic mass is 9.68. The van der Waals surface area contributed by atoms with Gasteiger partial charge in [0, 0.05) is 20.1 Å². The highest BCUT2D eigenvalue weighted by molar-refractivity contribution is 5.94. The molecule has 3 amide bonds. The summed E-state index contributed by atoms with van der Waals surface area (Å²) in [5.41, 5.74) is 0.383. The van der Waals surface area contributed by atoms with E-state index in [1.807, 2.05) is 13.8 Å². The van der Waals surface area contributed by atoms with Gasteiger partial charge in [-0.3, -0.25) is 19.2 Å². The molecule has 0 aromatic carbocycles. The Labute approximate surface area is 271 Å². The van der Waals surface area contributed by atoms with Gasteiger partial charge in [0.2, 0.25) is 11.8 Å². The Morgan fingerprint density at radius 3 is 2.46 bits per heavy atom. The maximum atomic E-state index is 13.2. The van der Waals surface area contributed by atoms with E-state index in [1.165, 1.54) is 10.5 Å². The minimum absolute atomic E-state index is 0.0189.